The molecule has 0 bridgehead atoms. The Hall–Kier alpha value is -2.14. The van der Waals surface area contributed by atoms with Gasteiger partial charge in [-0.15, -0.1) is 0 Å². The zero-order valence-electron chi connectivity index (χ0n) is 14.0. The molecule has 4 nitrogen and oxygen atoms in total. The molecule has 2 aromatic rings. The van der Waals surface area contributed by atoms with Crippen LogP contribution in [0, 0.1) is 5.82 Å². The molecule has 1 heterocycles. The Morgan fingerprint density at radius 3 is 2.79 bits per heavy atom. The lowest BCUT2D eigenvalue weighted by Crippen LogP contribution is -2.29. The number of hydrogen-bond donors (Lipinski definition) is 2. The van der Waals surface area contributed by atoms with Gasteiger partial charge in [0.2, 0.25) is 5.56 Å². The number of H-pyrrole nitrogens is 1. The summed E-state index contributed by atoms with van der Waals surface area (Å²) in [5.41, 5.74) is 2.03. The van der Waals surface area contributed by atoms with E-state index in [-0.39, 0.29) is 23.2 Å². The van der Waals surface area contributed by atoms with Crippen LogP contribution >= 0.6 is 0 Å². The van der Waals surface area contributed by atoms with E-state index in [1.54, 1.807) is 12.1 Å². The highest BCUT2D eigenvalue weighted by molar-refractivity contribution is 5.31. The molecule has 0 amide bonds. The summed E-state index contributed by atoms with van der Waals surface area (Å²) in [5, 5.41) is 3.59. The van der Waals surface area contributed by atoms with Gasteiger partial charge in [0.1, 0.15) is 0 Å². The number of ether oxygens (including phenoxy) is 1. The summed E-state index contributed by atoms with van der Waals surface area (Å²) in [6.45, 7) is 2.05. The number of benzene rings is 1. The first-order chi connectivity index (χ1) is 11.6. The summed E-state index contributed by atoms with van der Waals surface area (Å²) in [6.07, 6.45) is 5.01. The van der Waals surface area contributed by atoms with Gasteiger partial charge in [0, 0.05) is 24.3 Å². The van der Waals surface area contributed by atoms with Crippen molar-refractivity contribution in [1.82, 2.24) is 10.3 Å². The van der Waals surface area contributed by atoms with Crippen LogP contribution in [0.25, 0.3) is 0 Å². The van der Waals surface area contributed by atoms with Crippen molar-refractivity contribution >= 4 is 0 Å². The maximum Gasteiger partial charge on any atom is 0.247 e. The van der Waals surface area contributed by atoms with Gasteiger partial charge in [-0.25, -0.2) is 4.39 Å². The summed E-state index contributed by atoms with van der Waals surface area (Å²) in [4.78, 5) is 13.9. The topological polar surface area (TPSA) is 54.1 Å². The van der Waals surface area contributed by atoms with E-state index in [4.69, 9.17) is 4.74 Å². The van der Waals surface area contributed by atoms with E-state index in [0.29, 0.717) is 12.0 Å². The van der Waals surface area contributed by atoms with E-state index < -0.39 is 0 Å². The molecule has 3 rings (SSSR count). The molecule has 128 valence electrons. The van der Waals surface area contributed by atoms with Crippen LogP contribution in [-0.2, 0) is 0 Å². The zero-order valence-corrected chi connectivity index (χ0v) is 14.0. The van der Waals surface area contributed by atoms with E-state index in [9.17, 15) is 9.18 Å². The lowest BCUT2D eigenvalue weighted by Gasteiger charge is -2.20. The molecule has 0 radical (unpaired) electrons. The van der Waals surface area contributed by atoms with Crippen molar-refractivity contribution < 1.29 is 9.13 Å². The fourth-order valence-corrected chi connectivity index (χ4v) is 3.51. The van der Waals surface area contributed by atoms with Gasteiger partial charge in [0.05, 0.1) is 7.11 Å². The molecule has 3 unspecified atom stereocenters. The van der Waals surface area contributed by atoms with Crippen LogP contribution in [0.3, 0.4) is 0 Å². The van der Waals surface area contributed by atoms with Crippen LogP contribution < -0.4 is 15.6 Å². The van der Waals surface area contributed by atoms with Crippen LogP contribution in [0.4, 0.5) is 4.39 Å². The number of pyridine rings is 1. The van der Waals surface area contributed by atoms with Gasteiger partial charge < -0.3 is 15.0 Å². The van der Waals surface area contributed by atoms with Gasteiger partial charge in [-0.3, -0.25) is 4.79 Å². The summed E-state index contributed by atoms with van der Waals surface area (Å²) >= 11 is 0. The van der Waals surface area contributed by atoms with Crippen molar-refractivity contribution in [2.75, 3.05) is 7.11 Å². The third-order valence-corrected chi connectivity index (χ3v) is 4.87. The van der Waals surface area contributed by atoms with Crippen molar-refractivity contribution in [1.29, 1.82) is 0 Å². The Bertz CT molecular complexity index is 739. The van der Waals surface area contributed by atoms with Crippen molar-refractivity contribution in [3.05, 3.63) is 63.8 Å². The van der Waals surface area contributed by atoms with Gasteiger partial charge in [0.15, 0.2) is 11.6 Å². The molecule has 5 heteroatoms. The van der Waals surface area contributed by atoms with E-state index in [2.05, 4.69) is 17.2 Å². The molecule has 0 spiro atoms. The van der Waals surface area contributed by atoms with Crippen molar-refractivity contribution in [3.63, 3.8) is 0 Å². The molecule has 1 aliphatic carbocycles. The highest BCUT2D eigenvalue weighted by atomic mass is 19.1. The van der Waals surface area contributed by atoms with Gasteiger partial charge in [-0.2, -0.15) is 0 Å². The number of aromatic nitrogens is 1. The molecule has 1 aromatic heterocycles. The summed E-state index contributed by atoms with van der Waals surface area (Å²) < 4.78 is 18.8. The van der Waals surface area contributed by atoms with Crippen LogP contribution in [0.5, 0.6) is 5.75 Å². The SMILES string of the molecule is COc1ccc(C(C)NC2CCC(c3ccc(=O)[nH]c3)C2)cc1F. The van der Waals surface area contributed by atoms with Crippen molar-refractivity contribution in [2.45, 2.75) is 44.2 Å². The Kier molecular flexibility index (Phi) is 5.00. The molecule has 0 saturated heterocycles. The minimum atomic E-state index is -0.332. The molecule has 24 heavy (non-hydrogen) atoms. The van der Waals surface area contributed by atoms with Gasteiger partial charge >= 0.3 is 0 Å². The molecular weight excluding hydrogens is 307 g/mol. The normalized spacial score (nSPS) is 21.6. The molecule has 2 N–H and O–H groups in total. The molecule has 0 aliphatic heterocycles. The fraction of sp³-hybridized carbons (Fsp3) is 0.421. The monoisotopic (exact) mass is 330 g/mol. The summed E-state index contributed by atoms with van der Waals surface area (Å²) in [5.74, 6) is 0.394. The van der Waals surface area contributed by atoms with Crippen LogP contribution in [-0.4, -0.2) is 18.1 Å². The number of rotatable bonds is 5. The number of nitrogens with one attached hydrogen (secondary N) is 2. The molecule has 1 saturated carbocycles. The first kappa shape index (κ1) is 16.7. The van der Waals surface area contributed by atoms with Crippen molar-refractivity contribution in [2.24, 2.45) is 0 Å². The van der Waals surface area contributed by atoms with E-state index in [0.717, 1.165) is 24.8 Å². The minimum Gasteiger partial charge on any atom is -0.494 e. The lowest BCUT2D eigenvalue weighted by molar-refractivity contribution is 0.385. The number of aromatic amines is 1. The highest BCUT2D eigenvalue weighted by Gasteiger charge is 2.27. The number of halogens is 1. The number of methoxy groups -OCH3 is 1. The maximum absolute atomic E-state index is 13.9. The first-order valence-electron chi connectivity index (χ1n) is 8.35. The second-order valence-electron chi connectivity index (χ2n) is 6.48. The van der Waals surface area contributed by atoms with Gasteiger partial charge in [0.25, 0.3) is 0 Å². The highest BCUT2D eigenvalue weighted by Crippen LogP contribution is 2.35. The first-order valence-corrected chi connectivity index (χ1v) is 8.35. The molecule has 1 aliphatic rings. The Labute approximate surface area is 141 Å². The smallest absolute Gasteiger partial charge is 0.247 e. The van der Waals surface area contributed by atoms with E-state index in [1.807, 2.05) is 18.3 Å². The third-order valence-electron chi connectivity index (χ3n) is 4.87. The Morgan fingerprint density at radius 2 is 2.12 bits per heavy atom. The van der Waals surface area contributed by atoms with Crippen LogP contribution in [0.15, 0.2) is 41.3 Å². The van der Waals surface area contributed by atoms with Crippen molar-refractivity contribution in [3.8, 4) is 5.75 Å². The standard InChI is InChI=1S/C19H23FN2O2/c1-12(13-4-7-18(24-2)17(20)10-13)22-16-6-3-14(9-16)15-5-8-19(23)21-11-15/h4-5,7-8,10-12,14,16,22H,3,6,9H2,1-2H3,(H,21,23). The average molecular weight is 330 g/mol. The van der Waals surface area contributed by atoms with Crippen LogP contribution in [0.2, 0.25) is 0 Å². The fourth-order valence-electron chi connectivity index (χ4n) is 3.51. The zero-order chi connectivity index (χ0) is 17.1. The quantitative estimate of drug-likeness (QED) is 0.882. The molecular formula is C19H23FN2O2. The van der Waals surface area contributed by atoms with Gasteiger partial charge in [-0.05, 0) is 55.4 Å². The Balaban J connectivity index is 1.61. The maximum atomic E-state index is 13.9. The van der Waals surface area contributed by atoms with E-state index in [1.165, 1.54) is 18.7 Å². The lowest BCUT2D eigenvalue weighted by atomic mass is 9.99. The largest absolute Gasteiger partial charge is 0.494 e. The minimum absolute atomic E-state index is 0.0680. The molecule has 1 fully saturated rings. The molecule has 1 aromatic carbocycles. The predicted molar refractivity (Wildman–Crippen MR) is 91.9 cm³/mol. The second kappa shape index (κ2) is 7.18. The Morgan fingerprint density at radius 1 is 1.29 bits per heavy atom. The summed E-state index contributed by atoms with van der Waals surface area (Å²) in [6, 6.07) is 9.05. The third kappa shape index (κ3) is 3.67. The van der Waals surface area contributed by atoms with E-state index >= 15 is 0 Å². The second-order valence-corrected chi connectivity index (χ2v) is 6.48. The number of hydrogen-bond acceptors (Lipinski definition) is 3. The van der Waals surface area contributed by atoms with Crippen LogP contribution in [0.1, 0.15) is 49.3 Å². The predicted octanol–water partition coefficient (Wildman–Crippen LogP) is 3.51. The molecule has 3 atom stereocenters. The average Bonchev–Trinajstić information content (AvgIpc) is 3.04. The van der Waals surface area contributed by atoms with Gasteiger partial charge in [-0.1, -0.05) is 12.1 Å². The summed E-state index contributed by atoms with van der Waals surface area (Å²) in [7, 11) is 1.47.